The summed E-state index contributed by atoms with van der Waals surface area (Å²) < 4.78 is 0. The normalized spacial score (nSPS) is 16.4. The molecule has 126 valence electrons. The number of hydrogen-bond donors (Lipinski definition) is 2. The van der Waals surface area contributed by atoms with Gasteiger partial charge in [-0.25, -0.2) is 0 Å². The second-order valence-corrected chi connectivity index (χ2v) is 7.24. The van der Waals surface area contributed by atoms with Crippen molar-refractivity contribution in [2.75, 3.05) is 11.9 Å². The monoisotopic (exact) mass is 359 g/mol. The molecule has 0 atom stereocenters. The van der Waals surface area contributed by atoms with Gasteiger partial charge in [0.05, 0.1) is 0 Å². The van der Waals surface area contributed by atoms with Gasteiger partial charge in [0.1, 0.15) is 0 Å². The topological polar surface area (TPSA) is 37.0 Å². The first-order chi connectivity index (χ1) is 11.7. The van der Waals surface area contributed by atoms with Crippen LogP contribution in [0.2, 0.25) is 5.02 Å². The zero-order valence-corrected chi connectivity index (χ0v) is 15.2. The molecule has 0 amide bonds. The predicted octanol–water partition coefficient (Wildman–Crippen LogP) is 4.92. The Morgan fingerprint density at radius 1 is 1.12 bits per heavy atom. The highest BCUT2D eigenvalue weighted by Crippen LogP contribution is 2.39. The van der Waals surface area contributed by atoms with E-state index in [-0.39, 0.29) is 5.41 Å². The Hall–Kier alpha value is -1.65. The molecule has 3 rings (SSSR count). The van der Waals surface area contributed by atoms with Crippen LogP contribution in [0.4, 0.5) is 5.69 Å². The van der Waals surface area contributed by atoms with Gasteiger partial charge in [-0.05, 0) is 54.9 Å². The molecule has 1 aliphatic rings. The molecule has 1 aliphatic carbocycles. The van der Waals surface area contributed by atoms with Crippen molar-refractivity contribution in [3.63, 3.8) is 0 Å². The Morgan fingerprint density at radius 3 is 2.58 bits per heavy atom. The highest BCUT2D eigenvalue weighted by molar-refractivity contribution is 7.80. The summed E-state index contributed by atoms with van der Waals surface area (Å²) in [5, 5.41) is 8.08. The number of benzene rings is 1. The molecule has 0 bridgehead atoms. The molecule has 5 heteroatoms. The van der Waals surface area contributed by atoms with Crippen molar-refractivity contribution < 1.29 is 0 Å². The minimum Gasteiger partial charge on any atom is -0.362 e. The molecule has 1 aromatic carbocycles. The fourth-order valence-electron chi connectivity index (χ4n) is 3.47. The standard InChI is InChI=1S/C19H22ClN3S/c20-16-6-4-5-15(13-16)19(9-2-1-3-10-19)14-22-18(24)23-17-7-11-21-12-8-17/h4-8,11-13H,1-3,9-10,14H2,(H2,21,22,23,24). The fourth-order valence-corrected chi connectivity index (χ4v) is 3.85. The molecule has 0 saturated heterocycles. The third-order valence-corrected chi connectivity index (χ3v) is 5.25. The van der Waals surface area contributed by atoms with E-state index in [1.54, 1.807) is 12.4 Å². The largest absolute Gasteiger partial charge is 0.362 e. The number of nitrogens with one attached hydrogen (secondary N) is 2. The van der Waals surface area contributed by atoms with Crippen molar-refractivity contribution in [3.05, 3.63) is 59.4 Å². The maximum atomic E-state index is 6.23. The summed E-state index contributed by atoms with van der Waals surface area (Å²) >= 11 is 11.7. The van der Waals surface area contributed by atoms with Gasteiger partial charge in [0.2, 0.25) is 0 Å². The smallest absolute Gasteiger partial charge is 0.170 e. The van der Waals surface area contributed by atoms with E-state index in [1.165, 1.54) is 24.8 Å². The molecule has 3 nitrogen and oxygen atoms in total. The first-order valence-corrected chi connectivity index (χ1v) is 9.18. The van der Waals surface area contributed by atoms with E-state index in [1.807, 2.05) is 24.3 Å². The third-order valence-electron chi connectivity index (χ3n) is 4.77. The lowest BCUT2D eigenvalue weighted by Crippen LogP contribution is -2.43. The van der Waals surface area contributed by atoms with Crippen LogP contribution in [0.25, 0.3) is 0 Å². The molecule has 0 aliphatic heterocycles. The van der Waals surface area contributed by atoms with Crippen molar-refractivity contribution in [1.29, 1.82) is 0 Å². The molecular formula is C19H22ClN3S. The number of halogens is 1. The van der Waals surface area contributed by atoms with Crippen molar-refractivity contribution >= 4 is 34.6 Å². The highest BCUT2D eigenvalue weighted by Gasteiger charge is 2.34. The zero-order valence-electron chi connectivity index (χ0n) is 13.6. The second-order valence-electron chi connectivity index (χ2n) is 6.39. The summed E-state index contributed by atoms with van der Waals surface area (Å²) in [6, 6.07) is 12.1. The van der Waals surface area contributed by atoms with E-state index < -0.39 is 0 Å². The van der Waals surface area contributed by atoms with E-state index in [0.29, 0.717) is 5.11 Å². The molecule has 2 aromatic rings. The average Bonchev–Trinajstić information content (AvgIpc) is 2.62. The number of pyridine rings is 1. The number of rotatable bonds is 4. The van der Waals surface area contributed by atoms with Crippen LogP contribution in [0.1, 0.15) is 37.7 Å². The summed E-state index contributed by atoms with van der Waals surface area (Å²) in [6.45, 7) is 0.824. The number of thiocarbonyl (C=S) groups is 1. The van der Waals surface area contributed by atoms with E-state index in [4.69, 9.17) is 23.8 Å². The van der Waals surface area contributed by atoms with Crippen LogP contribution in [0.5, 0.6) is 0 Å². The van der Waals surface area contributed by atoms with Gasteiger partial charge < -0.3 is 10.6 Å². The van der Waals surface area contributed by atoms with Gasteiger partial charge in [0.25, 0.3) is 0 Å². The van der Waals surface area contributed by atoms with Gasteiger partial charge in [-0.15, -0.1) is 0 Å². The lowest BCUT2D eigenvalue weighted by molar-refractivity contribution is 0.292. The van der Waals surface area contributed by atoms with Gasteiger partial charge in [-0.2, -0.15) is 0 Å². The Bertz CT molecular complexity index is 684. The lowest BCUT2D eigenvalue weighted by atomic mass is 9.69. The minimum atomic E-state index is 0.104. The fraction of sp³-hybridized carbons (Fsp3) is 0.368. The molecule has 1 fully saturated rings. The van der Waals surface area contributed by atoms with Crippen molar-refractivity contribution in [2.45, 2.75) is 37.5 Å². The van der Waals surface area contributed by atoms with Crippen LogP contribution in [0, 0.1) is 0 Å². The number of anilines is 1. The second kappa shape index (κ2) is 7.95. The summed E-state index contributed by atoms with van der Waals surface area (Å²) in [7, 11) is 0. The summed E-state index contributed by atoms with van der Waals surface area (Å²) in [5.41, 5.74) is 2.37. The van der Waals surface area contributed by atoms with Gasteiger partial charge in [-0.3, -0.25) is 4.98 Å². The van der Waals surface area contributed by atoms with E-state index >= 15 is 0 Å². The van der Waals surface area contributed by atoms with Gasteiger partial charge in [0, 0.05) is 35.1 Å². The molecular weight excluding hydrogens is 338 g/mol. The zero-order chi connectivity index (χ0) is 16.8. The minimum absolute atomic E-state index is 0.104. The van der Waals surface area contributed by atoms with Crippen LogP contribution >= 0.6 is 23.8 Å². The van der Waals surface area contributed by atoms with Crippen LogP contribution < -0.4 is 10.6 Å². The first-order valence-electron chi connectivity index (χ1n) is 8.39. The molecule has 24 heavy (non-hydrogen) atoms. The molecule has 1 aromatic heterocycles. The molecule has 0 spiro atoms. The molecule has 0 radical (unpaired) electrons. The van der Waals surface area contributed by atoms with Gasteiger partial charge >= 0.3 is 0 Å². The predicted molar refractivity (Wildman–Crippen MR) is 105 cm³/mol. The van der Waals surface area contributed by atoms with Crippen LogP contribution in [0.15, 0.2) is 48.8 Å². The van der Waals surface area contributed by atoms with E-state index in [2.05, 4.69) is 27.8 Å². The maximum absolute atomic E-state index is 6.23. The SMILES string of the molecule is S=C(NCC1(c2cccc(Cl)c2)CCCCC1)Nc1ccncc1. The van der Waals surface area contributed by atoms with Crippen LogP contribution in [0.3, 0.4) is 0 Å². The van der Waals surface area contributed by atoms with Crippen LogP contribution in [-0.2, 0) is 5.41 Å². The Labute approximate surface area is 153 Å². The Morgan fingerprint density at radius 2 is 1.88 bits per heavy atom. The summed E-state index contributed by atoms with van der Waals surface area (Å²) in [4.78, 5) is 4.01. The number of hydrogen-bond acceptors (Lipinski definition) is 2. The van der Waals surface area contributed by atoms with E-state index in [0.717, 1.165) is 30.1 Å². The maximum Gasteiger partial charge on any atom is 0.170 e. The quantitative estimate of drug-likeness (QED) is 0.759. The van der Waals surface area contributed by atoms with Crippen molar-refractivity contribution in [1.82, 2.24) is 10.3 Å². The van der Waals surface area contributed by atoms with Gasteiger partial charge in [-0.1, -0.05) is 43.0 Å². The average molecular weight is 360 g/mol. The lowest BCUT2D eigenvalue weighted by Gasteiger charge is -2.38. The van der Waals surface area contributed by atoms with Crippen molar-refractivity contribution in [3.8, 4) is 0 Å². The van der Waals surface area contributed by atoms with Crippen LogP contribution in [-0.4, -0.2) is 16.6 Å². The molecule has 0 unspecified atom stereocenters. The molecule has 2 N–H and O–H groups in total. The summed E-state index contributed by atoms with van der Waals surface area (Å²) in [6.07, 6.45) is 9.63. The molecule has 1 heterocycles. The number of nitrogens with zero attached hydrogens (tertiary/aromatic N) is 1. The Kier molecular flexibility index (Phi) is 5.69. The number of aromatic nitrogens is 1. The highest BCUT2D eigenvalue weighted by atomic mass is 35.5. The van der Waals surface area contributed by atoms with Gasteiger partial charge in [0.15, 0.2) is 5.11 Å². The first kappa shape index (κ1) is 17.2. The van der Waals surface area contributed by atoms with E-state index in [9.17, 15) is 0 Å². The third kappa shape index (κ3) is 4.25. The molecule has 1 saturated carbocycles. The van der Waals surface area contributed by atoms with Crippen molar-refractivity contribution in [2.24, 2.45) is 0 Å². The Balaban J connectivity index is 1.70. The summed E-state index contributed by atoms with van der Waals surface area (Å²) in [5.74, 6) is 0.